The number of carboxylic acid groups (broad SMARTS) is 1. The second kappa shape index (κ2) is 4.49. The molecule has 0 aliphatic rings. The van der Waals surface area contributed by atoms with E-state index in [-0.39, 0.29) is 6.42 Å². The van der Waals surface area contributed by atoms with Crippen LogP contribution in [0.25, 0.3) is 16.8 Å². The minimum Gasteiger partial charge on any atom is -0.481 e. The lowest BCUT2D eigenvalue weighted by Gasteiger charge is -2.01. The van der Waals surface area contributed by atoms with Gasteiger partial charge in [0.05, 0.1) is 23.1 Å². The molecule has 0 radical (unpaired) electrons. The van der Waals surface area contributed by atoms with Crippen LogP contribution in [0.4, 0.5) is 0 Å². The predicted octanol–water partition coefficient (Wildman–Crippen LogP) is 3.18. The van der Waals surface area contributed by atoms with Crippen LogP contribution in [-0.4, -0.2) is 25.0 Å². The SMILES string of the molecule is Cc1cc(Cl)cc2c1nc1n(C)c(CC(=O)O)c(Br)n21. The molecule has 0 unspecified atom stereocenters. The van der Waals surface area contributed by atoms with Gasteiger partial charge in [-0.1, -0.05) is 11.6 Å². The molecule has 0 amide bonds. The van der Waals surface area contributed by atoms with E-state index in [1.54, 1.807) is 11.6 Å². The van der Waals surface area contributed by atoms with E-state index in [9.17, 15) is 4.79 Å². The third kappa shape index (κ3) is 1.83. The summed E-state index contributed by atoms with van der Waals surface area (Å²) >= 11 is 9.58. The maximum Gasteiger partial charge on any atom is 0.309 e. The van der Waals surface area contributed by atoms with Crippen LogP contribution in [0.1, 0.15) is 11.3 Å². The molecule has 0 aliphatic carbocycles. The van der Waals surface area contributed by atoms with Crippen molar-refractivity contribution in [3.8, 4) is 0 Å². The summed E-state index contributed by atoms with van der Waals surface area (Å²) in [5.74, 6) is -0.193. The summed E-state index contributed by atoms with van der Waals surface area (Å²) in [5, 5.41) is 9.63. The van der Waals surface area contributed by atoms with Gasteiger partial charge in [-0.3, -0.25) is 9.20 Å². The Hall–Kier alpha value is -1.53. The number of hydrogen-bond acceptors (Lipinski definition) is 2. The van der Waals surface area contributed by atoms with E-state index in [1.165, 1.54) is 0 Å². The molecule has 0 saturated heterocycles. The van der Waals surface area contributed by atoms with Gasteiger partial charge in [0.15, 0.2) is 0 Å². The fraction of sp³-hybridized carbons (Fsp3) is 0.231. The topological polar surface area (TPSA) is 59.5 Å². The Morgan fingerprint density at radius 3 is 2.85 bits per heavy atom. The number of imidazole rings is 2. The van der Waals surface area contributed by atoms with Crippen LogP contribution < -0.4 is 0 Å². The van der Waals surface area contributed by atoms with Gasteiger partial charge in [-0.25, -0.2) is 4.98 Å². The second-order valence-corrected chi connectivity index (χ2v) is 5.89. The standard InChI is InChI=1S/C13H11BrClN3O2/c1-6-3-7(15)4-8-11(6)16-13-17(2)9(5-10(19)20)12(14)18(8)13/h3-4H,5H2,1-2H3,(H,19,20). The molecule has 5 nitrogen and oxygen atoms in total. The summed E-state index contributed by atoms with van der Waals surface area (Å²) in [6.45, 7) is 1.95. The summed E-state index contributed by atoms with van der Waals surface area (Å²) in [6, 6.07) is 3.70. The number of benzene rings is 1. The third-order valence-corrected chi connectivity index (χ3v) is 4.39. The lowest BCUT2D eigenvalue weighted by molar-refractivity contribution is -0.136. The van der Waals surface area contributed by atoms with Gasteiger partial charge in [0.25, 0.3) is 0 Å². The Bertz CT molecular complexity index is 866. The molecular formula is C13H11BrClN3O2. The van der Waals surface area contributed by atoms with Crippen LogP contribution in [0.3, 0.4) is 0 Å². The number of aliphatic carboxylic acids is 1. The monoisotopic (exact) mass is 355 g/mol. The Morgan fingerprint density at radius 1 is 1.50 bits per heavy atom. The molecule has 20 heavy (non-hydrogen) atoms. The number of halogens is 2. The van der Waals surface area contributed by atoms with Crippen LogP contribution in [0.5, 0.6) is 0 Å². The van der Waals surface area contributed by atoms with Crippen LogP contribution in [0.2, 0.25) is 5.02 Å². The van der Waals surface area contributed by atoms with E-state index in [0.29, 0.717) is 21.1 Å². The quantitative estimate of drug-likeness (QED) is 0.767. The molecule has 1 aromatic carbocycles. The Labute approximate surface area is 127 Å². The van der Waals surface area contributed by atoms with Gasteiger partial charge >= 0.3 is 5.97 Å². The summed E-state index contributed by atoms with van der Waals surface area (Å²) in [7, 11) is 1.81. The first-order valence-corrected chi connectivity index (χ1v) is 7.10. The normalized spacial score (nSPS) is 11.6. The predicted molar refractivity (Wildman–Crippen MR) is 80.5 cm³/mol. The van der Waals surface area contributed by atoms with Gasteiger partial charge in [-0.05, 0) is 40.5 Å². The van der Waals surface area contributed by atoms with Crippen LogP contribution in [0.15, 0.2) is 16.7 Å². The van der Waals surface area contributed by atoms with Gasteiger partial charge in [0.1, 0.15) is 4.60 Å². The average Bonchev–Trinajstić information content (AvgIpc) is 2.82. The maximum absolute atomic E-state index is 11.0. The highest BCUT2D eigenvalue weighted by molar-refractivity contribution is 9.10. The average molecular weight is 357 g/mol. The summed E-state index contributed by atoms with van der Waals surface area (Å²) in [6.07, 6.45) is -0.0680. The summed E-state index contributed by atoms with van der Waals surface area (Å²) < 4.78 is 4.36. The first-order valence-electron chi connectivity index (χ1n) is 5.93. The van der Waals surface area contributed by atoms with E-state index in [2.05, 4.69) is 20.9 Å². The lowest BCUT2D eigenvalue weighted by atomic mass is 10.2. The van der Waals surface area contributed by atoms with Crippen molar-refractivity contribution >= 4 is 50.3 Å². The van der Waals surface area contributed by atoms with Crippen LogP contribution in [-0.2, 0) is 18.3 Å². The minimum absolute atomic E-state index is 0.0680. The summed E-state index contributed by atoms with van der Waals surface area (Å²) in [4.78, 5) is 15.5. The first kappa shape index (κ1) is 13.5. The highest BCUT2D eigenvalue weighted by Crippen LogP contribution is 2.30. The molecule has 0 saturated carbocycles. The molecule has 0 fully saturated rings. The van der Waals surface area contributed by atoms with Gasteiger partial charge in [0.2, 0.25) is 5.78 Å². The number of carboxylic acids is 1. The maximum atomic E-state index is 11.0. The van der Waals surface area contributed by atoms with Crippen molar-refractivity contribution in [1.82, 2.24) is 14.0 Å². The molecule has 0 atom stereocenters. The van der Waals surface area contributed by atoms with E-state index < -0.39 is 5.97 Å². The number of hydrogen-bond donors (Lipinski definition) is 1. The lowest BCUT2D eigenvalue weighted by Crippen LogP contribution is -2.06. The molecule has 3 aromatic rings. The smallest absolute Gasteiger partial charge is 0.309 e. The zero-order chi connectivity index (χ0) is 14.6. The number of carbonyl (C=O) groups is 1. The van der Waals surface area contributed by atoms with Crippen LogP contribution >= 0.6 is 27.5 Å². The van der Waals surface area contributed by atoms with E-state index >= 15 is 0 Å². The highest BCUT2D eigenvalue weighted by Gasteiger charge is 2.20. The van der Waals surface area contributed by atoms with E-state index in [4.69, 9.17) is 16.7 Å². The number of nitrogens with zero attached hydrogens (tertiary/aromatic N) is 3. The number of fused-ring (bicyclic) bond motifs is 3. The highest BCUT2D eigenvalue weighted by atomic mass is 79.9. The zero-order valence-electron chi connectivity index (χ0n) is 10.8. The fourth-order valence-corrected chi connectivity index (χ4v) is 3.46. The van der Waals surface area contributed by atoms with E-state index in [0.717, 1.165) is 16.6 Å². The third-order valence-electron chi connectivity index (χ3n) is 3.36. The van der Waals surface area contributed by atoms with Gasteiger partial charge < -0.3 is 9.67 Å². The Morgan fingerprint density at radius 2 is 2.20 bits per heavy atom. The molecule has 0 aliphatic heterocycles. The van der Waals surface area contributed by atoms with Crippen molar-refractivity contribution in [2.75, 3.05) is 0 Å². The molecule has 3 rings (SSSR count). The largest absolute Gasteiger partial charge is 0.481 e. The van der Waals surface area contributed by atoms with Crippen molar-refractivity contribution in [2.45, 2.75) is 13.3 Å². The molecule has 104 valence electrons. The van der Waals surface area contributed by atoms with Gasteiger partial charge in [-0.2, -0.15) is 0 Å². The van der Waals surface area contributed by atoms with E-state index in [1.807, 2.05) is 23.5 Å². The molecule has 0 bridgehead atoms. The second-order valence-electron chi connectivity index (χ2n) is 4.70. The summed E-state index contributed by atoms with van der Waals surface area (Å²) in [5.41, 5.74) is 3.38. The Balaban J connectivity index is 2.43. The first-order chi connectivity index (χ1) is 9.40. The molecule has 7 heteroatoms. The number of rotatable bonds is 2. The molecular weight excluding hydrogens is 346 g/mol. The zero-order valence-corrected chi connectivity index (χ0v) is 13.2. The van der Waals surface area contributed by atoms with Crippen LogP contribution in [0, 0.1) is 6.92 Å². The van der Waals surface area contributed by atoms with Crippen molar-refractivity contribution in [2.24, 2.45) is 7.05 Å². The molecule has 2 heterocycles. The fourth-order valence-electron chi connectivity index (χ4n) is 2.43. The van der Waals surface area contributed by atoms with Gasteiger partial charge in [0, 0.05) is 12.1 Å². The molecule has 2 aromatic heterocycles. The molecule has 0 spiro atoms. The number of aryl methyl sites for hydroxylation is 2. The molecule has 1 N–H and O–H groups in total. The van der Waals surface area contributed by atoms with Gasteiger partial charge in [-0.15, -0.1) is 0 Å². The van der Waals surface area contributed by atoms with Crippen molar-refractivity contribution < 1.29 is 9.90 Å². The van der Waals surface area contributed by atoms with Crippen molar-refractivity contribution in [1.29, 1.82) is 0 Å². The number of aromatic nitrogens is 3. The van der Waals surface area contributed by atoms with Crippen molar-refractivity contribution in [3.63, 3.8) is 0 Å². The van der Waals surface area contributed by atoms with Crippen molar-refractivity contribution in [3.05, 3.63) is 33.0 Å². The minimum atomic E-state index is -0.881. The Kier molecular flexibility index (Phi) is 3.02.